The van der Waals surface area contributed by atoms with Gasteiger partial charge in [-0.15, -0.1) is 11.3 Å². The Bertz CT molecular complexity index is 1330. The molecule has 0 unspecified atom stereocenters. The van der Waals surface area contributed by atoms with Gasteiger partial charge in [0.1, 0.15) is 17.0 Å². The van der Waals surface area contributed by atoms with Crippen LogP contribution < -0.4 is 10.6 Å². The fourth-order valence-corrected chi connectivity index (χ4v) is 5.90. The molecule has 7 heteroatoms. The minimum Gasteiger partial charge on any atom is -0.340 e. The molecular weight excluding hydrogens is 428 g/mol. The van der Waals surface area contributed by atoms with E-state index in [2.05, 4.69) is 66.5 Å². The van der Waals surface area contributed by atoms with E-state index in [0.717, 1.165) is 57.4 Å². The van der Waals surface area contributed by atoms with Crippen LogP contribution in [0.5, 0.6) is 0 Å². The first-order valence-electron chi connectivity index (χ1n) is 12.0. The number of fused-ring (bicyclic) bond motifs is 2. The average molecular weight is 457 g/mol. The molecule has 2 N–H and O–H groups in total. The number of rotatable bonds is 4. The van der Waals surface area contributed by atoms with Crippen molar-refractivity contribution in [2.24, 2.45) is 5.92 Å². The fraction of sp³-hybridized carbons (Fsp3) is 0.423. The van der Waals surface area contributed by atoms with Gasteiger partial charge >= 0.3 is 0 Å². The zero-order valence-electron chi connectivity index (χ0n) is 18.7. The van der Waals surface area contributed by atoms with Gasteiger partial charge in [-0.2, -0.15) is 5.10 Å². The molecule has 3 aromatic heterocycles. The molecule has 1 aromatic carbocycles. The van der Waals surface area contributed by atoms with Crippen molar-refractivity contribution in [2.75, 3.05) is 11.9 Å². The lowest BCUT2D eigenvalue weighted by Crippen LogP contribution is -2.18. The highest BCUT2D eigenvalue weighted by atomic mass is 32.1. The third kappa shape index (κ3) is 4.46. The van der Waals surface area contributed by atoms with Gasteiger partial charge in [-0.05, 0) is 62.4 Å². The summed E-state index contributed by atoms with van der Waals surface area (Å²) in [5.74, 6) is 8.25. The second kappa shape index (κ2) is 9.12. The molecule has 168 valence electrons. The van der Waals surface area contributed by atoms with Gasteiger partial charge in [-0.25, -0.2) is 9.97 Å². The summed E-state index contributed by atoms with van der Waals surface area (Å²) in [7, 11) is 0. The van der Waals surface area contributed by atoms with E-state index in [4.69, 9.17) is 0 Å². The van der Waals surface area contributed by atoms with E-state index in [0.29, 0.717) is 6.04 Å². The van der Waals surface area contributed by atoms with Crippen LogP contribution in [0.25, 0.3) is 21.1 Å². The molecule has 1 aliphatic carbocycles. The summed E-state index contributed by atoms with van der Waals surface area (Å²) in [5, 5.41) is 13.8. The number of thiophene rings is 1. The molecule has 6 rings (SSSR count). The normalized spacial score (nSPS) is 19.1. The number of benzene rings is 1. The summed E-state index contributed by atoms with van der Waals surface area (Å²) >= 11 is 1.62. The maximum atomic E-state index is 4.69. The molecule has 6 nitrogen and oxygen atoms in total. The standard InChI is InChI=1S/C26H28N6S/c1-2-5-18(6-3-1)16-32-24-11-9-21(13-19(24)15-30-32)31-25-23-14-22(33-26(23)29-17-28-25)10-8-20-7-4-12-27-20/h9,11,13-15,17-18,20,27H,1-7,12,16H2,(H,28,29,31)/t20-/m1/s1. The fourth-order valence-electron chi connectivity index (χ4n) is 5.04. The van der Waals surface area contributed by atoms with Gasteiger partial charge in [0.2, 0.25) is 0 Å². The van der Waals surface area contributed by atoms with Crippen LogP contribution in [0.15, 0.2) is 36.8 Å². The van der Waals surface area contributed by atoms with Gasteiger partial charge in [0.05, 0.1) is 28.0 Å². The number of nitrogens with one attached hydrogen (secondary N) is 2. The van der Waals surface area contributed by atoms with E-state index in [9.17, 15) is 0 Å². The predicted octanol–water partition coefficient (Wildman–Crippen LogP) is 5.47. The second-order valence-electron chi connectivity index (χ2n) is 9.20. The van der Waals surface area contributed by atoms with E-state index in [1.54, 1.807) is 17.7 Å². The van der Waals surface area contributed by atoms with E-state index in [1.807, 2.05) is 6.20 Å². The molecular formula is C26H28N6S. The summed E-state index contributed by atoms with van der Waals surface area (Å²) in [6.07, 6.45) is 12.7. The van der Waals surface area contributed by atoms with E-state index in [1.165, 1.54) is 44.0 Å². The van der Waals surface area contributed by atoms with Crippen molar-refractivity contribution in [2.45, 2.75) is 57.5 Å². The van der Waals surface area contributed by atoms with E-state index in [-0.39, 0.29) is 0 Å². The Labute approximate surface area is 197 Å². The Morgan fingerprint density at radius 2 is 2.03 bits per heavy atom. The predicted molar refractivity (Wildman–Crippen MR) is 135 cm³/mol. The third-order valence-electron chi connectivity index (χ3n) is 6.82. The van der Waals surface area contributed by atoms with Crippen molar-refractivity contribution in [3.63, 3.8) is 0 Å². The lowest BCUT2D eigenvalue weighted by Gasteiger charge is -2.21. The molecule has 2 aliphatic rings. The molecule has 0 radical (unpaired) electrons. The molecule has 0 amide bonds. The van der Waals surface area contributed by atoms with E-state index < -0.39 is 0 Å². The highest BCUT2D eigenvalue weighted by Gasteiger charge is 2.16. The zero-order chi connectivity index (χ0) is 22.0. The van der Waals surface area contributed by atoms with Gasteiger partial charge in [-0.1, -0.05) is 31.1 Å². The van der Waals surface area contributed by atoms with Crippen LogP contribution in [0.1, 0.15) is 49.8 Å². The van der Waals surface area contributed by atoms with Crippen molar-refractivity contribution in [3.05, 3.63) is 41.7 Å². The monoisotopic (exact) mass is 456 g/mol. The molecule has 1 atom stereocenters. The van der Waals surface area contributed by atoms with Crippen LogP contribution in [0.3, 0.4) is 0 Å². The number of aromatic nitrogens is 4. The lowest BCUT2D eigenvalue weighted by molar-refractivity contribution is 0.312. The molecule has 1 saturated heterocycles. The van der Waals surface area contributed by atoms with Gasteiger partial charge in [-0.3, -0.25) is 4.68 Å². The summed E-state index contributed by atoms with van der Waals surface area (Å²) in [5.41, 5.74) is 2.21. The number of anilines is 2. The van der Waals surface area contributed by atoms with Crippen molar-refractivity contribution in [1.29, 1.82) is 0 Å². The van der Waals surface area contributed by atoms with Gasteiger partial charge in [0.25, 0.3) is 0 Å². The second-order valence-corrected chi connectivity index (χ2v) is 10.2. The van der Waals surface area contributed by atoms with Crippen LogP contribution >= 0.6 is 11.3 Å². The Morgan fingerprint density at radius 3 is 2.91 bits per heavy atom. The van der Waals surface area contributed by atoms with E-state index >= 15 is 0 Å². The van der Waals surface area contributed by atoms with Crippen LogP contribution in [0.2, 0.25) is 0 Å². The SMILES string of the molecule is C(#C[C@H]1CCCN1)c1cc2c(Nc3ccc4c(cnn4CC4CCCCC4)c3)ncnc2s1. The smallest absolute Gasteiger partial charge is 0.142 e. The molecule has 33 heavy (non-hydrogen) atoms. The Hall–Kier alpha value is -2.95. The largest absolute Gasteiger partial charge is 0.340 e. The van der Waals surface area contributed by atoms with Crippen molar-refractivity contribution >= 4 is 44.0 Å². The minimum absolute atomic E-state index is 0.310. The Balaban J connectivity index is 1.23. The van der Waals surface area contributed by atoms with Gasteiger partial charge in [0, 0.05) is 17.6 Å². The maximum Gasteiger partial charge on any atom is 0.142 e. The van der Waals surface area contributed by atoms with Gasteiger partial charge in [0.15, 0.2) is 0 Å². The van der Waals surface area contributed by atoms with Crippen LogP contribution in [0.4, 0.5) is 11.5 Å². The topological polar surface area (TPSA) is 67.7 Å². The first kappa shape index (κ1) is 20.6. The average Bonchev–Trinajstić information content (AvgIpc) is 3.59. The summed E-state index contributed by atoms with van der Waals surface area (Å²) in [4.78, 5) is 11.0. The lowest BCUT2D eigenvalue weighted by atomic mass is 9.89. The first-order valence-corrected chi connectivity index (χ1v) is 12.9. The van der Waals surface area contributed by atoms with Crippen LogP contribution in [-0.2, 0) is 6.54 Å². The molecule has 0 bridgehead atoms. The highest BCUT2D eigenvalue weighted by molar-refractivity contribution is 7.19. The highest BCUT2D eigenvalue weighted by Crippen LogP contribution is 2.31. The molecule has 4 aromatic rings. The van der Waals surface area contributed by atoms with Crippen molar-refractivity contribution < 1.29 is 0 Å². The minimum atomic E-state index is 0.310. The quantitative estimate of drug-likeness (QED) is 0.399. The molecule has 2 fully saturated rings. The van der Waals surface area contributed by atoms with Gasteiger partial charge < -0.3 is 10.6 Å². The third-order valence-corrected chi connectivity index (χ3v) is 7.78. The maximum absolute atomic E-state index is 4.69. The van der Waals surface area contributed by atoms with Crippen LogP contribution in [0, 0.1) is 17.8 Å². The summed E-state index contributed by atoms with van der Waals surface area (Å²) < 4.78 is 2.18. The summed E-state index contributed by atoms with van der Waals surface area (Å²) in [6, 6.07) is 8.86. The molecule has 1 saturated carbocycles. The molecule has 0 spiro atoms. The van der Waals surface area contributed by atoms with Crippen molar-refractivity contribution in [1.82, 2.24) is 25.1 Å². The number of nitrogens with zero attached hydrogens (tertiary/aromatic N) is 4. The molecule has 4 heterocycles. The summed E-state index contributed by atoms with van der Waals surface area (Å²) in [6.45, 7) is 2.09. The first-order chi connectivity index (χ1) is 16.3. The number of hydrogen-bond donors (Lipinski definition) is 2. The number of hydrogen-bond acceptors (Lipinski definition) is 6. The Kier molecular flexibility index (Phi) is 5.71. The van der Waals surface area contributed by atoms with Crippen LogP contribution in [-0.4, -0.2) is 32.3 Å². The van der Waals surface area contributed by atoms with Crippen molar-refractivity contribution in [3.8, 4) is 11.8 Å². The molecule has 1 aliphatic heterocycles. The Morgan fingerprint density at radius 1 is 1.09 bits per heavy atom. The zero-order valence-corrected chi connectivity index (χ0v) is 19.5.